The van der Waals surface area contributed by atoms with Crippen molar-refractivity contribution < 1.29 is 4.79 Å². The number of carbonyl (C=O) groups is 1. The van der Waals surface area contributed by atoms with Crippen LogP contribution < -0.4 is 10.6 Å². The molecular weight excluding hydrogens is 202 g/mol. The Balaban J connectivity index is 2.42. The first-order chi connectivity index (χ1) is 7.52. The van der Waals surface area contributed by atoms with Crippen molar-refractivity contribution in [1.29, 1.82) is 0 Å². The average molecular weight is 227 g/mol. The largest absolute Gasteiger partial charge is 0.354 e. The van der Waals surface area contributed by atoms with Gasteiger partial charge in [0.05, 0.1) is 6.04 Å². The number of nitrogens with one attached hydrogen (secondary N) is 2. The van der Waals surface area contributed by atoms with Gasteiger partial charge in [0.15, 0.2) is 0 Å². The molecule has 0 radical (unpaired) electrons. The zero-order valence-electron chi connectivity index (χ0n) is 10.9. The number of hydrogen-bond donors (Lipinski definition) is 2. The molecule has 4 heteroatoms. The van der Waals surface area contributed by atoms with Crippen molar-refractivity contribution in [3.05, 3.63) is 0 Å². The average Bonchev–Trinajstić information content (AvgIpc) is 2.25. The lowest BCUT2D eigenvalue weighted by Crippen LogP contribution is -2.57. The van der Waals surface area contributed by atoms with E-state index in [1.54, 1.807) is 0 Å². The molecule has 4 nitrogen and oxygen atoms in total. The van der Waals surface area contributed by atoms with E-state index in [9.17, 15) is 4.79 Å². The second-order valence-electron chi connectivity index (χ2n) is 5.11. The molecule has 0 aliphatic carbocycles. The molecule has 0 spiro atoms. The smallest absolute Gasteiger partial charge is 0.237 e. The van der Waals surface area contributed by atoms with Crippen LogP contribution in [0.5, 0.6) is 0 Å². The number of piperazine rings is 1. The Morgan fingerprint density at radius 3 is 2.75 bits per heavy atom. The van der Waals surface area contributed by atoms with Crippen LogP contribution in [0.1, 0.15) is 27.7 Å². The molecule has 0 bridgehead atoms. The first kappa shape index (κ1) is 13.5. The summed E-state index contributed by atoms with van der Waals surface area (Å²) in [6.07, 6.45) is 0. The maximum Gasteiger partial charge on any atom is 0.237 e. The Kier molecular flexibility index (Phi) is 5.22. The summed E-state index contributed by atoms with van der Waals surface area (Å²) >= 11 is 0. The molecule has 2 N–H and O–H groups in total. The number of amides is 1. The van der Waals surface area contributed by atoms with E-state index in [0.29, 0.717) is 12.0 Å². The molecule has 1 fully saturated rings. The SMILES string of the molecule is CC(C)CNC(=O)C(C)N1CCNCC1C. The van der Waals surface area contributed by atoms with Crippen LogP contribution in [0.15, 0.2) is 0 Å². The van der Waals surface area contributed by atoms with Crippen molar-refractivity contribution in [2.45, 2.75) is 39.8 Å². The van der Waals surface area contributed by atoms with Crippen LogP contribution in [0, 0.1) is 5.92 Å². The van der Waals surface area contributed by atoms with E-state index in [1.807, 2.05) is 6.92 Å². The molecule has 1 heterocycles. The van der Waals surface area contributed by atoms with Crippen LogP contribution in [0.2, 0.25) is 0 Å². The van der Waals surface area contributed by atoms with Gasteiger partial charge in [0.2, 0.25) is 5.91 Å². The lowest BCUT2D eigenvalue weighted by Gasteiger charge is -2.37. The predicted octanol–water partition coefficient (Wildman–Crippen LogP) is 0.441. The van der Waals surface area contributed by atoms with Gasteiger partial charge >= 0.3 is 0 Å². The number of carbonyl (C=O) groups excluding carboxylic acids is 1. The van der Waals surface area contributed by atoms with Gasteiger partial charge in [-0.05, 0) is 19.8 Å². The highest BCUT2D eigenvalue weighted by atomic mass is 16.2. The van der Waals surface area contributed by atoms with Gasteiger partial charge < -0.3 is 10.6 Å². The van der Waals surface area contributed by atoms with E-state index < -0.39 is 0 Å². The van der Waals surface area contributed by atoms with Gasteiger partial charge in [-0.15, -0.1) is 0 Å². The highest BCUT2D eigenvalue weighted by molar-refractivity contribution is 5.81. The Bertz CT molecular complexity index is 230. The first-order valence-corrected chi connectivity index (χ1v) is 6.26. The van der Waals surface area contributed by atoms with Crippen LogP contribution in [-0.2, 0) is 4.79 Å². The Hall–Kier alpha value is -0.610. The highest BCUT2D eigenvalue weighted by Crippen LogP contribution is 2.08. The summed E-state index contributed by atoms with van der Waals surface area (Å²) in [6, 6.07) is 0.421. The molecule has 0 saturated carbocycles. The minimum absolute atomic E-state index is 0.0177. The minimum atomic E-state index is -0.0177. The Morgan fingerprint density at radius 2 is 2.19 bits per heavy atom. The number of rotatable bonds is 4. The summed E-state index contributed by atoms with van der Waals surface area (Å²) in [6.45, 7) is 12.1. The topological polar surface area (TPSA) is 44.4 Å². The molecule has 1 aliphatic heterocycles. The predicted molar refractivity (Wildman–Crippen MR) is 66.3 cm³/mol. The molecule has 2 unspecified atom stereocenters. The molecule has 0 aromatic rings. The van der Waals surface area contributed by atoms with Crippen molar-refractivity contribution in [1.82, 2.24) is 15.5 Å². The first-order valence-electron chi connectivity index (χ1n) is 6.26. The van der Waals surface area contributed by atoms with E-state index >= 15 is 0 Å². The monoisotopic (exact) mass is 227 g/mol. The van der Waals surface area contributed by atoms with Crippen molar-refractivity contribution in [3.8, 4) is 0 Å². The highest BCUT2D eigenvalue weighted by Gasteiger charge is 2.27. The zero-order chi connectivity index (χ0) is 12.1. The molecule has 94 valence electrons. The summed E-state index contributed by atoms with van der Waals surface area (Å²) in [5.74, 6) is 0.666. The normalized spacial score (nSPS) is 24.4. The lowest BCUT2D eigenvalue weighted by atomic mass is 10.1. The van der Waals surface area contributed by atoms with Gasteiger partial charge in [0.25, 0.3) is 0 Å². The van der Waals surface area contributed by atoms with E-state index in [4.69, 9.17) is 0 Å². The van der Waals surface area contributed by atoms with Crippen molar-refractivity contribution >= 4 is 5.91 Å². The summed E-state index contributed by atoms with van der Waals surface area (Å²) in [7, 11) is 0. The molecule has 16 heavy (non-hydrogen) atoms. The summed E-state index contributed by atoms with van der Waals surface area (Å²) in [5.41, 5.74) is 0. The molecule has 2 atom stereocenters. The van der Waals surface area contributed by atoms with Crippen LogP contribution >= 0.6 is 0 Å². The van der Waals surface area contributed by atoms with Crippen LogP contribution in [0.4, 0.5) is 0 Å². The zero-order valence-corrected chi connectivity index (χ0v) is 10.9. The standard InChI is InChI=1S/C12H25N3O/c1-9(2)7-14-12(16)11(4)15-6-5-13-8-10(15)3/h9-11,13H,5-8H2,1-4H3,(H,14,16). The summed E-state index contributed by atoms with van der Waals surface area (Å²) < 4.78 is 0. The van der Waals surface area contributed by atoms with Crippen molar-refractivity contribution in [2.75, 3.05) is 26.2 Å². The fourth-order valence-corrected chi connectivity index (χ4v) is 2.04. The number of nitrogens with zero attached hydrogens (tertiary/aromatic N) is 1. The minimum Gasteiger partial charge on any atom is -0.354 e. The van der Waals surface area contributed by atoms with Gasteiger partial charge in [0, 0.05) is 32.2 Å². The molecule has 0 aromatic heterocycles. The van der Waals surface area contributed by atoms with E-state index in [-0.39, 0.29) is 11.9 Å². The fraction of sp³-hybridized carbons (Fsp3) is 0.917. The molecular formula is C12H25N3O. The summed E-state index contributed by atoms with van der Waals surface area (Å²) in [5, 5.41) is 6.33. The third-order valence-electron chi connectivity index (χ3n) is 3.11. The maximum absolute atomic E-state index is 11.9. The third kappa shape index (κ3) is 3.76. The fourth-order valence-electron chi connectivity index (χ4n) is 2.04. The van der Waals surface area contributed by atoms with Crippen LogP contribution in [-0.4, -0.2) is 49.1 Å². The van der Waals surface area contributed by atoms with Crippen LogP contribution in [0.25, 0.3) is 0 Å². The van der Waals surface area contributed by atoms with Gasteiger partial charge in [-0.2, -0.15) is 0 Å². The second kappa shape index (κ2) is 6.21. The van der Waals surface area contributed by atoms with E-state index in [1.165, 1.54) is 0 Å². The number of hydrogen-bond acceptors (Lipinski definition) is 3. The van der Waals surface area contributed by atoms with E-state index in [0.717, 1.165) is 26.2 Å². The second-order valence-corrected chi connectivity index (χ2v) is 5.11. The van der Waals surface area contributed by atoms with Gasteiger partial charge in [-0.3, -0.25) is 9.69 Å². The molecule has 0 aromatic carbocycles. The Morgan fingerprint density at radius 1 is 1.50 bits per heavy atom. The third-order valence-corrected chi connectivity index (χ3v) is 3.11. The van der Waals surface area contributed by atoms with Crippen molar-refractivity contribution in [3.63, 3.8) is 0 Å². The quantitative estimate of drug-likeness (QED) is 0.732. The maximum atomic E-state index is 11.9. The van der Waals surface area contributed by atoms with Gasteiger partial charge in [0.1, 0.15) is 0 Å². The van der Waals surface area contributed by atoms with Crippen LogP contribution in [0.3, 0.4) is 0 Å². The molecule has 1 aliphatic rings. The van der Waals surface area contributed by atoms with Gasteiger partial charge in [-0.25, -0.2) is 0 Å². The Labute approximate surface area is 98.8 Å². The molecule has 1 saturated heterocycles. The molecule has 1 rings (SSSR count). The lowest BCUT2D eigenvalue weighted by molar-refractivity contribution is -0.127. The van der Waals surface area contributed by atoms with Gasteiger partial charge in [-0.1, -0.05) is 13.8 Å². The molecule has 1 amide bonds. The van der Waals surface area contributed by atoms with Crippen molar-refractivity contribution in [2.24, 2.45) is 5.92 Å². The van der Waals surface area contributed by atoms with E-state index in [2.05, 4.69) is 36.3 Å². The summed E-state index contributed by atoms with van der Waals surface area (Å²) in [4.78, 5) is 14.2.